The lowest BCUT2D eigenvalue weighted by atomic mass is 10.1. The van der Waals surface area contributed by atoms with Crippen LogP contribution in [-0.2, 0) is 27.3 Å². The first-order chi connectivity index (χ1) is 14.7. The number of carbonyl (C=O) groups is 3. The highest BCUT2D eigenvalue weighted by atomic mass is 16.6. The summed E-state index contributed by atoms with van der Waals surface area (Å²) in [4.78, 5) is 36.1. The smallest absolute Gasteiger partial charge is 0.408 e. The third-order valence-electron chi connectivity index (χ3n) is 4.08. The third kappa shape index (κ3) is 8.77. The van der Waals surface area contributed by atoms with Gasteiger partial charge < -0.3 is 25.4 Å². The SMILES string of the molecule is COc1ccc(CC(=O)NCc2ccccc2NC(=O)CNC(=O)OC(C)(C)C)cc1. The molecule has 0 radical (unpaired) electrons. The van der Waals surface area contributed by atoms with Crippen LogP contribution in [-0.4, -0.2) is 37.2 Å². The maximum absolute atomic E-state index is 12.3. The number of para-hydroxylation sites is 1. The van der Waals surface area contributed by atoms with Crippen molar-refractivity contribution in [3.05, 3.63) is 59.7 Å². The average molecular weight is 428 g/mol. The number of amides is 3. The largest absolute Gasteiger partial charge is 0.497 e. The summed E-state index contributed by atoms with van der Waals surface area (Å²) in [5.74, 6) is 0.191. The Bertz CT molecular complexity index is 904. The molecule has 2 aromatic carbocycles. The van der Waals surface area contributed by atoms with Gasteiger partial charge in [-0.1, -0.05) is 30.3 Å². The van der Waals surface area contributed by atoms with Gasteiger partial charge in [-0.25, -0.2) is 4.79 Å². The molecular weight excluding hydrogens is 398 g/mol. The van der Waals surface area contributed by atoms with Crippen LogP contribution in [0.15, 0.2) is 48.5 Å². The second-order valence-electron chi connectivity index (χ2n) is 7.86. The lowest BCUT2D eigenvalue weighted by Crippen LogP contribution is -2.37. The van der Waals surface area contributed by atoms with Crippen molar-refractivity contribution in [1.29, 1.82) is 0 Å². The second-order valence-corrected chi connectivity index (χ2v) is 7.86. The minimum absolute atomic E-state index is 0.141. The molecule has 0 aliphatic heterocycles. The van der Waals surface area contributed by atoms with Gasteiger partial charge in [-0.3, -0.25) is 9.59 Å². The molecule has 3 N–H and O–H groups in total. The molecule has 166 valence electrons. The summed E-state index contributed by atoms with van der Waals surface area (Å²) in [5.41, 5.74) is 1.53. The second kappa shape index (κ2) is 11.0. The van der Waals surface area contributed by atoms with E-state index in [1.165, 1.54) is 0 Å². The van der Waals surface area contributed by atoms with Crippen LogP contribution in [0.2, 0.25) is 0 Å². The minimum atomic E-state index is -0.665. The molecule has 0 aliphatic rings. The van der Waals surface area contributed by atoms with Crippen LogP contribution in [0.4, 0.5) is 10.5 Å². The van der Waals surface area contributed by atoms with E-state index in [0.717, 1.165) is 16.9 Å². The fourth-order valence-electron chi connectivity index (χ4n) is 2.64. The van der Waals surface area contributed by atoms with E-state index in [-0.39, 0.29) is 25.4 Å². The van der Waals surface area contributed by atoms with Crippen LogP contribution >= 0.6 is 0 Å². The highest BCUT2D eigenvalue weighted by Gasteiger charge is 2.17. The zero-order valence-electron chi connectivity index (χ0n) is 18.3. The lowest BCUT2D eigenvalue weighted by molar-refractivity contribution is -0.120. The Morgan fingerprint density at radius 2 is 1.58 bits per heavy atom. The Balaban J connectivity index is 1.86. The Morgan fingerprint density at radius 3 is 2.23 bits per heavy atom. The Kier molecular flexibility index (Phi) is 8.43. The van der Waals surface area contributed by atoms with Gasteiger partial charge >= 0.3 is 6.09 Å². The molecule has 0 atom stereocenters. The molecule has 0 aromatic heterocycles. The first kappa shape index (κ1) is 23.7. The normalized spacial score (nSPS) is 10.7. The number of rotatable bonds is 8. The number of ether oxygens (including phenoxy) is 2. The number of nitrogens with one attached hydrogen (secondary N) is 3. The van der Waals surface area contributed by atoms with Gasteiger partial charge in [-0.15, -0.1) is 0 Å². The molecule has 3 amide bonds. The van der Waals surface area contributed by atoms with Crippen molar-refractivity contribution in [1.82, 2.24) is 10.6 Å². The number of hydrogen-bond acceptors (Lipinski definition) is 5. The molecule has 8 nitrogen and oxygen atoms in total. The van der Waals surface area contributed by atoms with E-state index in [1.807, 2.05) is 24.3 Å². The van der Waals surface area contributed by atoms with Crippen LogP contribution < -0.4 is 20.7 Å². The molecule has 0 heterocycles. The minimum Gasteiger partial charge on any atom is -0.497 e. The average Bonchev–Trinajstić information content (AvgIpc) is 2.71. The van der Waals surface area contributed by atoms with E-state index in [0.29, 0.717) is 5.69 Å². The van der Waals surface area contributed by atoms with Crippen LogP contribution in [0.25, 0.3) is 0 Å². The van der Waals surface area contributed by atoms with E-state index >= 15 is 0 Å². The Morgan fingerprint density at radius 1 is 0.903 bits per heavy atom. The van der Waals surface area contributed by atoms with Gasteiger partial charge in [0.2, 0.25) is 11.8 Å². The van der Waals surface area contributed by atoms with Crippen molar-refractivity contribution >= 4 is 23.6 Å². The van der Waals surface area contributed by atoms with Gasteiger partial charge in [0.15, 0.2) is 0 Å². The van der Waals surface area contributed by atoms with Crippen molar-refractivity contribution in [2.45, 2.75) is 39.3 Å². The van der Waals surface area contributed by atoms with Crippen LogP contribution in [0.5, 0.6) is 5.75 Å². The maximum Gasteiger partial charge on any atom is 0.408 e. The third-order valence-corrected chi connectivity index (χ3v) is 4.08. The maximum atomic E-state index is 12.3. The van der Waals surface area contributed by atoms with Gasteiger partial charge in [-0.05, 0) is 50.1 Å². The summed E-state index contributed by atoms with van der Waals surface area (Å²) < 4.78 is 10.2. The number of methoxy groups -OCH3 is 1. The topological polar surface area (TPSA) is 106 Å². The summed E-state index contributed by atoms with van der Waals surface area (Å²) in [6, 6.07) is 14.4. The zero-order valence-corrected chi connectivity index (χ0v) is 18.3. The number of carbonyl (C=O) groups excluding carboxylic acids is 3. The van der Waals surface area contributed by atoms with Gasteiger partial charge in [0, 0.05) is 12.2 Å². The van der Waals surface area contributed by atoms with E-state index in [1.54, 1.807) is 52.1 Å². The summed E-state index contributed by atoms with van der Waals surface area (Å²) in [5, 5.41) is 8.01. The highest BCUT2D eigenvalue weighted by molar-refractivity contribution is 5.94. The van der Waals surface area contributed by atoms with Crippen LogP contribution in [0.3, 0.4) is 0 Å². The predicted molar refractivity (Wildman–Crippen MR) is 118 cm³/mol. The van der Waals surface area contributed by atoms with Crippen molar-refractivity contribution in [3.8, 4) is 5.75 Å². The first-order valence-corrected chi connectivity index (χ1v) is 9.90. The van der Waals surface area contributed by atoms with E-state index in [2.05, 4.69) is 16.0 Å². The van der Waals surface area contributed by atoms with Gasteiger partial charge in [0.05, 0.1) is 13.5 Å². The monoisotopic (exact) mass is 427 g/mol. The quantitative estimate of drug-likeness (QED) is 0.601. The summed E-state index contributed by atoms with van der Waals surface area (Å²) >= 11 is 0. The lowest BCUT2D eigenvalue weighted by Gasteiger charge is -2.19. The molecule has 2 rings (SSSR count). The molecule has 31 heavy (non-hydrogen) atoms. The molecule has 8 heteroatoms. The van der Waals surface area contributed by atoms with Gasteiger partial charge in [0.1, 0.15) is 17.9 Å². The molecule has 0 spiro atoms. The summed E-state index contributed by atoms with van der Waals surface area (Å²) in [6.07, 6.45) is -0.431. The zero-order chi connectivity index (χ0) is 22.9. The molecule has 0 saturated heterocycles. The van der Waals surface area contributed by atoms with Gasteiger partial charge in [0.25, 0.3) is 0 Å². The molecule has 0 unspecified atom stereocenters. The number of anilines is 1. The molecule has 0 aliphatic carbocycles. The molecule has 0 bridgehead atoms. The Hall–Kier alpha value is -3.55. The molecule has 0 saturated carbocycles. The van der Waals surface area contributed by atoms with Crippen molar-refractivity contribution in [2.24, 2.45) is 0 Å². The van der Waals surface area contributed by atoms with Crippen LogP contribution in [0.1, 0.15) is 31.9 Å². The standard InChI is InChI=1S/C23H29N3O5/c1-23(2,3)31-22(29)25-15-21(28)26-19-8-6-5-7-17(19)14-24-20(27)13-16-9-11-18(30-4)12-10-16/h5-12H,13-15H2,1-4H3,(H,24,27)(H,25,29)(H,26,28). The van der Waals surface area contributed by atoms with Gasteiger partial charge in [-0.2, -0.15) is 0 Å². The molecular formula is C23H29N3O5. The predicted octanol–water partition coefficient (Wildman–Crippen LogP) is 3.02. The Labute approximate surface area is 182 Å². The number of benzene rings is 2. The van der Waals surface area contributed by atoms with E-state index < -0.39 is 17.6 Å². The number of hydrogen-bond donors (Lipinski definition) is 3. The molecule has 0 fully saturated rings. The van der Waals surface area contributed by atoms with Crippen LogP contribution in [0, 0.1) is 0 Å². The van der Waals surface area contributed by atoms with Crippen molar-refractivity contribution < 1.29 is 23.9 Å². The van der Waals surface area contributed by atoms with Crippen molar-refractivity contribution in [2.75, 3.05) is 19.0 Å². The summed E-state index contributed by atoms with van der Waals surface area (Å²) in [7, 11) is 1.59. The number of alkyl carbamates (subject to hydrolysis) is 1. The fraction of sp³-hybridized carbons (Fsp3) is 0.348. The van der Waals surface area contributed by atoms with Crippen molar-refractivity contribution in [3.63, 3.8) is 0 Å². The highest BCUT2D eigenvalue weighted by Crippen LogP contribution is 2.15. The fourth-order valence-corrected chi connectivity index (χ4v) is 2.64. The first-order valence-electron chi connectivity index (χ1n) is 9.90. The summed E-state index contributed by atoms with van der Waals surface area (Å²) in [6.45, 7) is 5.25. The van der Waals surface area contributed by atoms with E-state index in [9.17, 15) is 14.4 Å². The molecule has 2 aromatic rings. The van der Waals surface area contributed by atoms with E-state index in [4.69, 9.17) is 9.47 Å².